The Labute approximate surface area is 116 Å². The molecule has 1 aromatic heterocycles. The van der Waals surface area contributed by atoms with Gasteiger partial charge in [-0.2, -0.15) is 5.26 Å². The minimum atomic E-state index is 0.0116. The van der Waals surface area contributed by atoms with Crippen LogP contribution in [0.5, 0.6) is 0 Å². The highest BCUT2D eigenvalue weighted by Gasteiger charge is 2.12. The van der Waals surface area contributed by atoms with Gasteiger partial charge in [-0.3, -0.25) is 4.79 Å². The van der Waals surface area contributed by atoms with Crippen LogP contribution in [-0.2, 0) is 6.54 Å². The van der Waals surface area contributed by atoms with E-state index in [-0.39, 0.29) is 5.78 Å². The second kappa shape index (κ2) is 5.68. The molecule has 0 fully saturated rings. The maximum absolute atomic E-state index is 11.7. The van der Waals surface area contributed by atoms with Crippen LogP contribution < -0.4 is 4.90 Å². The number of hydrogen-bond acceptors (Lipinski definition) is 4. The summed E-state index contributed by atoms with van der Waals surface area (Å²) in [4.78, 5) is 14.9. The largest absolute Gasteiger partial charge is 0.369 e. The molecule has 96 valence electrons. The van der Waals surface area contributed by atoms with E-state index in [0.29, 0.717) is 11.1 Å². The molecule has 2 rings (SSSR count). The van der Waals surface area contributed by atoms with Crippen molar-refractivity contribution in [3.8, 4) is 6.07 Å². The molecule has 1 heterocycles. The van der Waals surface area contributed by atoms with Gasteiger partial charge in [-0.1, -0.05) is 6.07 Å². The molecule has 0 spiro atoms. The number of carbonyl (C=O) groups excluding carboxylic acids is 1. The Balaban J connectivity index is 2.36. The van der Waals surface area contributed by atoms with Crippen molar-refractivity contribution in [3.05, 3.63) is 51.7 Å². The van der Waals surface area contributed by atoms with E-state index in [9.17, 15) is 4.79 Å². The van der Waals surface area contributed by atoms with Crippen molar-refractivity contribution in [3.63, 3.8) is 0 Å². The fourth-order valence-corrected chi connectivity index (χ4v) is 2.69. The summed E-state index contributed by atoms with van der Waals surface area (Å²) in [6.07, 6.45) is 0. The second-order valence-electron chi connectivity index (χ2n) is 4.34. The third-order valence-corrected chi connectivity index (χ3v) is 3.75. The van der Waals surface area contributed by atoms with Gasteiger partial charge in [-0.05, 0) is 36.6 Å². The summed E-state index contributed by atoms with van der Waals surface area (Å²) in [6, 6.07) is 11.3. The standard InChI is InChI=1S/C15H14N2OS/c1-11(18)14-6-5-12(9-16)8-15(14)17(2)10-13-4-3-7-19-13/h3-8H,10H2,1-2H3. The smallest absolute Gasteiger partial charge is 0.161 e. The minimum absolute atomic E-state index is 0.0116. The molecule has 0 aliphatic heterocycles. The van der Waals surface area contributed by atoms with Gasteiger partial charge >= 0.3 is 0 Å². The molecular formula is C15H14N2OS. The van der Waals surface area contributed by atoms with Crippen LogP contribution in [0.15, 0.2) is 35.7 Å². The van der Waals surface area contributed by atoms with Crippen molar-refractivity contribution < 1.29 is 4.79 Å². The van der Waals surface area contributed by atoms with Crippen molar-refractivity contribution in [2.75, 3.05) is 11.9 Å². The van der Waals surface area contributed by atoms with Gasteiger partial charge in [-0.25, -0.2) is 0 Å². The van der Waals surface area contributed by atoms with Gasteiger partial charge in [-0.15, -0.1) is 11.3 Å². The number of thiophene rings is 1. The monoisotopic (exact) mass is 270 g/mol. The Bertz CT molecular complexity index is 626. The SMILES string of the molecule is CC(=O)c1ccc(C#N)cc1N(C)Cc1cccs1. The lowest BCUT2D eigenvalue weighted by Gasteiger charge is -2.21. The van der Waals surface area contributed by atoms with Gasteiger partial charge < -0.3 is 4.90 Å². The van der Waals surface area contributed by atoms with E-state index in [0.717, 1.165) is 12.2 Å². The third kappa shape index (κ3) is 3.01. The lowest BCUT2D eigenvalue weighted by molar-refractivity contribution is 0.101. The normalized spacial score (nSPS) is 9.95. The maximum atomic E-state index is 11.7. The number of Topliss-reactive ketones (excluding diaryl/α,β-unsaturated/α-hetero) is 1. The van der Waals surface area contributed by atoms with Crippen molar-refractivity contribution in [2.24, 2.45) is 0 Å². The summed E-state index contributed by atoms with van der Waals surface area (Å²) < 4.78 is 0. The van der Waals surface area contributed by atoms with E-state index in [1.165, 1.54) is 4.88 Å². The number of benzene rings is 1. The van der Waals surface area contributed by atoms with Crippen molar-refractivity contribution >= 4 is 22.8 Å². The van der Waals surface area contributed by atoms with Gasteiger partial charge in [0.05, 0.1) is 18.2 Å². The molecule has 1 aromatic carbocycles. The first-order chi connectivity index (χ1) is 9.11. The Kier molecular flexibility index (Phi) is 3.98. The van der Waals surface area contributed by atoms with Gasteiger partial charge in [0.25, 0.3) is 0 Å². The summed E-state index contributed by atoms with van der Waals surface area (Å²) in [5, 5.41) is 11.0. The average molecular weight is 270 g/mol. The molecule has 0 radical (unpaired) electrons. The van der Waals surface area contributed by atoms with Crippen LogP contribution in [-0.4, -0.2) is 12.8 Å². The molecule has 0 aliphatic carbocycles. The number of rotatable bonds is 4. The quantitative estimate of drug-likeness (QED) is 0.799. The third-order valence-electron chi connectivity index (χ3n) is 2.89. The number of nitrogens with zero attached hydrogens (tertiary/aromatic N) is 2. The Morgan fingerprint density at radius 3 is 2.79 bits per heavy atom. The first-order valence-electron chi connectivity index (χ1n) is 5.90. The topological polar surface area (TPSA) is 44.1 Å². The number of ketones is 1. The predicted molar refractivity (Wildman–Crippen MR) is 77.6 cm³/mol. The zero-order valence-corrected chi connectivity index (χ0v) is 11.7. The molecule has 4 heteroatoms. The second-order valence-corrected chi connectivity index (χ2v) is 5.37. The fourth-order valence-electron chi connectivity index (χ4n) is 1.94. The van der Waals surface area contributed by atoms with Crippen LogP contribution in [0, 0.1) is 11.3 Å². The summed E-state index contributed by atoms with van der Waals surface area (Å²) in [6.45, 7) is 2.27. The number of hydrogen-bond donors (Lipinski definition) is 0. The van der Waals surface area contributed by atoms with Gasteiger partial charge in [0.2, 0.25) is 0 Å². The molecule has 0 saturated carbocycles. The number of carbonyl (C=O) groups is 1. The average Bonchev–Trinajstić information content (AvgIpc) is 2.90. The Morgan fingerprint density at radius 1 is 1.42 bits per heavy atom. The molecule has 0 unspecified atom stereocenters. The highest BCUT2D eigenvalue weighted by atomic mass is 32.1. The number of nitriles is 1. The van der Waals surface area contributed by atoms with Crippen LogP contribution in [0.2, 0.25) is 0 Å². The van der Waals surface area contributed by atoms with E-state index in [2.05, 4.69) is 12.1 Å². The summed E-state index contributed by atoms with van der Waals surface area (Å²) in [7, 11) is 1.93. The molecule has 3 nitrogen and oxygen atoms in total. The van der Waals surface area contributed by atoms with Crippen LogP contribution in [0.25, 0.3) is 0 Å². The summed E-state index contributed by atoms with van der Waals surface area (Å²) in [5.74, 6) is 0.0116. The fraction of sp³-hybridized carbons (Fsp3) is 0.200. The van der Waals surface area contributed by atoms with Gasteiger partial charge in [0.1, 0.15) is 0 Å². The molecule has 0 amide bonds. The van der Waals surface area contributed by atoms with E-state index in [4.69, 9.17) is 5.26 Å². The van der Waals surface area contributed by atoms with E-state index in [1.54, 1.807) is 36.5 Å². The minimum Gasteiger partial charge on any atom is -0.369 e. The summed E-state index contributed by atoms with van der Waals surface area (Å²) >= 11 is 1.68. The maximum Gasteiger partial charge on any atom is 0.161 e. The first kappa shape index (κ1) is 13.3. The van der Waals surface area contributed by atoms with Crippen molar-refractivity contribution in [1.82, 2.24) is 0 Å². The van der Waals surface area contributed by atoms with Gasteiger partial charge in [0, 0.05) is 23.2 Å². The predicted octanol–water partition coefficient (Wildman–Crippen LogP) is 3.46. The highest BCUT2D eigenvalue weighted by Crippen LogP contribution is 2.24. The van der Waals surface area contributed by atoms with E-state index in [1.807, 2.05) is 23.4 Å². The number of anilines is 1. The van der Waals surface area contributed by atoms with E-state index < -0.39 is 0 Å². The van der Waals surface area contributed by atoms with Crippen molar-refractivity contribution in [1.29, 1.82) is 5.26 Å². The van der Waals surface area contributed by atoms with Crippen LogP contribution in [0.1, 0.15) is 27.7 Å². The Hall–Kier alpha value is -2.12. The molecule has 2 aromatic rings. The van der Waals surface area contributed by atoms with Gasteiger partial charge in [0.15, 0.2) is 5.78 Å². The first-order valence-corrected chi connectivity index (χ1v) is 6.78. The molecule has 0 N–H and O–H groups in total. The van der Waals surface area contributed by atoms with Crippen LogP contribution >= 0.6 is 11.3 Å². The molecule has 0 bridgehead atoms. The molecule has 0 aliphatic rings. The molecular weight excluding hydrogens is 256 g/mol. The lowest BCUT2D eigenvalue weighted by Crippen LogP contribution is -2.18. The molecule has 19 heavy (non-hydrogen) atoms. The lowest BCUT2D eigenvalue weighted by atomic mass is 10.1. The zero-order chi connectivity index (χ0) is 13.8. The molecule has 0 saturated heterocycles. The van der Waals surface area contributed by atoms with E-state index >= 15 is 0 Å². The van der Waals surface area contributed by atoms with Crippen LogP contribution in [0.3, 0.4) is 0 Å². The Morgan fingerprint density at radius 2 is 2.21 bits per heavy atom. The summed E-state index contributed by atoms with van der Waals surface area (Å²) in [5.41, 5.74) is 2.02. The van der Waals surface area contributed by atoms with Crippen LogP contribution in [0.4, 0.5) is 5.69 Å². The van der Waals surface area contributed by atoms with Crippen molar-refractivity contribution in [2.45, 2.75) is 13.5 Å². The highest BCUT2D eigenvalue weighted by molar-refractivity contribution is 7.09. The molecule has 0 atom stereocenters. The zero-order valence-electron chi connectivity index (χ0n) is 10.9.